The molecule has 0 aromatic heterocycles. The number of aliphatic carboxylic acids is 1. The highest BCUT2D eigenvalue weighted by Gasteiger charge is 2.32. The van der Waals surface area contributed by atoms with Crippen LogP contribution in [0, 0.1) is 5.92 Å². The molecule has 17 heavy (non-hydrogen) atoms. The van der Waals surface area contributed by atoms with Crippen molar-refractivity contribution in [3.63, 3.8) is 0 Å². The van der Waals surface area contributed by atoms with Gasteiger partial charge in [0.25, 0.3) is 0 Å². The van der Waals surface area contributed by atoms with Crippen LogP contribution in [0.4, 0.5) is 0 Å². The normalized spacial score (nSPS) is 27.2. The lowest BCUT2D eigenvalue weighted by Crippen LogP contribution is -2.48. The quantitative estimate of drug-likeness (QED) is 0.796. The van der Waals surface area contributed by atoms with Gasteiger partial charge in [-0.05, 0) is 25.2 Å². The number of piperidine rings is 1. The molecule has 2 fully saturated rings. The van der Waals surface area contributed by atoms with E-state index >= 15 is 0 Å². The number of hydrogen-bond donors (Lipinski definition) is 1. The zero-order valence-corrected chi connectivity index (χ0v) is 9.93. The minimum Gasteiger partial charge on any atom is -0.481 e. The molecule has 0 aromatic rings. The Morgan fingerprint density at radius 2 is 2.06 bits per heavy atom. The summed E-state index contributed by atoms with van der Waals surface area (Å²) in [6.07, 6.45) is 3.14. The van der Waals surface area contributed by atoms with E-state index in [0.717, 1.165) is 12.8 Å². The van der Waals surface area contributed by atoms with Crippen molar-refractivity contribution in [3.05, 3.63) is 0 Å². The Labute approximate surface area is 101 Å². The number of hydrogen-bond acceptors (Lipinski definition) is 3. The maximum atomic E-state index is 11.9. The Bertz CT molecular complexity index is 299. The minimum atomic E-state index is -0.767. The SMILES string of the molecule is O=C(O)CC1CCC(=O)N(C2CCOCC2)C1. The average molecular weight is 241 g/mol. The summed E-state index contributed by atoms with van der Waals surface area (Å²) < 4.78 is 5.29. The molecule has 2 heterocycles. The maximum absolute atomic E-state index is 11.9. The average Bonchev–Trinajstić information content (AvgIpc) is 2.32. The molecule has 1 amide bonds. The first kappa shape index (κ1) is 12.4. The van der Waals surface area contributed by atoms with Crippen LogP contribution in [0.3, 0.4) is 0 Å². The number of likely N-dealkylation sites (tertiary alicyclic amines) is 1. The number of carbonyl (C=O) groups is 2. The van der Waals surface area contributed by atoms with Crippen molar-refractivity contribution in [2.24, 2.45) is 5.92 Å². The van der Waals surface area contributed by atoms with Crippen LogP contribution in [0.25, 0.3) is 0 Å². The summed E-state index contributed by atoms with van der Waals surface area (Å²) in [7, 11) is 0. The number of amides is 1. The first-order chi connectivity index (χ1) is 8.16. The summed E-state index contributed by atoms with van der Waals surface area (Å²) in [5.41, 5.74) is 0. The van der Waals surface area contributed by atoms with Crippen molar-refractivity contribution >= 4 is 11.9 Å². The molecular formula is C12H19NO4. The number of carbonyl (C=O) groups excluding carboxylic acids is 1. The molecule has 0 bridgehead atoms. The topological polar surface area (TPSA) is 66.8 Å². The lowest BCUT2D eigenvalue weighted by molar-refractivity contribution is -0.144. The Kier molecular flexibility index (Phi) is 3.99. The molecule has 5 heteroatoms. The van der Waals surface area contributed by atoms with Crippen LogP contribution < -0.4 is 0 Å². The zero-order chi connectivity index (χ0) is 12.3. The Morgan fingerprint density at radius 1 is 1.35 bits per heavy atom. The van der Waals surface area contributed by atoms with Crippen LogP contribution in [-0.4, -0.2) is 47.7 Å². The largest absolute Gasteiger partial charge is 0.481 e. The molecule has 1 atom stereocenters. The van der Waals surface area contributed by atoms with Gasteiger partial charge in [0, 0.05) is 38.6 Å². The molecule has 0 radical (unpaired) electrons. The molecule has 2 aliphatic rings. The number of nitrogens with zero attached hydrogens (tertiary/aromatic N) is 1. The lowest BCUT2D eigenvalue weighted by atomic mass is 9.92. The molecular weight excluding hydrogens is 222 g/mol. The van der Waals surface area contributed by atoms with Gasteiger partial charge in [0.1, 0.15) is 0 Å². The first-order valence-electron chi connectivity index (χ1n) is 6.26. The molecule has 5 nitrogen and oxygen atoms in total. The molecule has 1 N–H and O–H groups in total. The van der Waals surface area contributed by atoms with Gasteiger partial charge in [0.15, 0.2) is 0 Å². The second kappa shape index (κ2) is 5.49. The highest BCUT2D eigenvalue weighted by Crippen LogP contribution is 2.25. The van der Waals surface area contributed by atoms with Gasteiger partial charge in [-0.2, -0.15) is 0 Å². The van der Waals surface area contributed by atoms with E-state index in [1.807, 2.05) is 4.90 Å². The van der Waals surface area contributed by atoms with Gasteiger partial charge in [-0.25, -0.2) is 0 Å². The van der Waals surface area contributed by atoms with E-state index < -0.39 is 5.97 Å². The van der Waals surface area contributed by atoms with Gasteiger partial charge in [0.2, 0.25) is 5.91 Å². The third-order valence-electron chi connectivity index (χ3n) is 3.64. The van der Waals surface area contributed by atoms with Crippen molar-refractivity contribution in [2.75, 3.05) is 19.8 Å². The second-order valence-corrected chi connectivity index (χ2v) is 4.89. The van der Waals surface area contributed by atoms with E-state index in [9.17, 15) is 9.59 Å². The summed E-state index contributed by atoms with van der Waals surface area (Å²) in [5, 5.41) is 8.80. The number of carboxylic acid groups (broad SMARTS) is 1. The lowest BCUT2D eigenvalue weighted by Gasteiger charge is -2.39. The van der Waals surface area contributed by atoms with Crippen molar-refractivity contribution in [2.45, 2.75) is 38.1 Å². The molecule has 2 saturated heterocycles. The molecule has 0 aromatic carbocycles. The summed E-state index contributed by atoms with van der Waals surface area (Å²) >= 11 is 0. The molecule has 1 unspecified atom stereocenters. The summed E-state index contributed by atoms with van der Waals surface area (Å²) in [6, 6.07) is 0.257. The number of carboxylic acids is 1. The predicted molar refractivity (Wildman–Crippen MR) is 60.5 cm³/mol. The third-order valence-corrected chi connectivity index (χ3v) is 3.64. The van der Waals surface area contributed by atoms with Crippen LogP contribution in [0.2, 0.25) is 0 Å². The Morgan fingerprint density at radius 3 is 2.71 bits per heavy atom. The standard InChI is InChI=1S/C12H19NO4/c14-11-2-1-9(7-12(15)16)8-13(11)10-3-5-17-6-4-10/h9-10H,1-8H2,(H,15,16). The van der Waals surface area contributed by atoms with Gasteiger partial charge in [-0.3, -0.25) is 9.59 Å². The molecule has 0 aliphatic carbocycles. The smallest absolute Gasteiger partial charge is 0.303 e. The van der Waals surface area contributed by atoms with Crippen molar-refractivity contribution in [3.8, 4) is 0 Å². The fourth-order valence-electron chi connectivity index (χ4n) is 2.71. The molecule has 0 saturated carbocycles. The van der Waals surface area contributed by atoms with Crippen LogP contribution in [0.5, 0.6) is 0 Å². The third kappa shape index (κ3) is 3.19. The van der Waals surface area contributed by atoms with Crippen molar-refractivity contribution in [1.29, 1.82) is 0 Å². The Balaban J connectivity index is 1.93. The predicted octanol–water partition coefficient (Wildman–Crippen LogP) is 0.879. The van der Waals surface area contributed by atoms with Gasteiger partial charge >= 0.3 is 5.97 Å². The van der Waals surface area contributed by atoms with Crippen LogP contribution in [0.15, 0.2) is 0 Å². The minimum absolute atomic E-state index is 0.119. The van der Waals surface area contributed by atoms with Crippen LogP contribution in [0.1, 0.15) is 32.1 Å². The fourth-order valence-corrected chi connectivity index (χ4v) is 2.71. The molecule has 96 valence electrons. The van der Waals surface area contributed by atoms with Gasteiger partial charge in [0.05, 0.1) is 0 Å². The van der Waals surface area contributed by atoms with Crippen LogP contribution >= 0.6 is 0 Å². The zero-order valence-electron chi connectivity index (χ0n) is 9.93. The second-order valence-electron chi connectivity index (χ2n) is 4.89. The van der Waals surface area contributed by atoms with E-state index in [1.54, 1.807) is 0 Å². The van der Waals surface area contributed by atoms with Crippen LogP contribution in [-0.2, 0) is 14.3 Å². The molecule has 2 aliphatic heterocycles. The first-order valence-corrected chi connectivity index (χ1v) is 6.26. The van der Waals surface area contributed by atoms with E-state index in [2.05, 4.69) is 0 Å². The highest BCUT2D eigenvalue weighted by atomic mass is 16.5. The van der Waals surface area contributed by atoms with Gasteiger partial charge < -0.3 is 14.7 Å². The van der Waals surface area contributed by atoms with E-state index in [4.69, 9.17) is 9.84 Å². The number of ether oxygens (including phenoxy) is 1. The Hall–Kier alpha value is -1.10. The van der Waals surface area contributed by atoms with Gasteiger partial charge in [-0.15, -0.1) is 0 Å². The van der Waals surface area contributed by atoms with E-state index in [0.29, 0.717) is 32.6 Å². The monoisotopic (exact) mass is 241 g/mol. The molecule has 0 spiro atoms. The summed E-state index contributed by atoms with van der Waals surface area (Å²) in [6.45, 7) is 2.02. The van der Waals surface area contributed by atoms with Crippen molar-refractivity contribution in [1.82, 2.24) is 4.90 Å². The van der Waals surface area contributed by atoms with E-state index in [-0.39, 0.29) is 24.3 Å². The van der Waals surface area contributed by atoms with Gasteiger partial charge in [-0.1, -0.05) is 0 Å². The maximum Gasteiger partial charge on any atom is 0.303 e. The number of rotatable bonds is 3. The van der Waals surface area contributed by atoms with E-state index in [1.165, 1.54) is 0 Å². The van der Waals surface area contributed by atoms with Crippen molar-refractivity contribution < 1.29 is 19.4 Å². The summed E-state index contributed by atoms with van der Waals surface area (Å²) in [5.74, 6) is -0.470. The fraction of sp³-hybridized carbons (Fsp3) is 0.833. The summed E-state index contributed by atoms with van der Waals surface area (Å²) in [4.78, 5) is 24.5. The highest BCUT2D eigenvalue weighted by molar-refractivity contribution is 5.77. The molecule has 2 rings (SSSR count).